The Morgan fingerprint density at radius 3 is 2.29 bits per heavy atom. The second-order valence-corrected chi connectivity index (χ2v) is 4.76. The number of rotatable bonds is 3. The number of sulfone groups is 1. The number of aryl methyl sites for hydroxylation is 1. The van der Waals surface area contributed by atoms with E-state index in [0.29, 0.717) is 4.90 Å². The van der Waals surface area contributed by atoms with Gasteiger partial charge < -0.3 is 0 Å². The summed E-state index contributed by atoms with van der Waals surface area (Å²) in [6, 6.07) is 6.74. The van der Waals surface area contributed by atoms with Crippen LogP contribution in [-0.2, 0) is 9.84 Å². The molecule has 0 heterocycles. The van der Waals surface area contributed by atoms with Crippen molar-refractivity contribution in [3.63, 3.8) is 0 Å². The van der Waals surface area contributed by atoms with Gasteiger partial charge in [0.1, 0.15) is 0 Å². The Hall–Kier alpha value is -1.35. The first-order valence-electron chi connectivity index (χ1n) is 4.17. The van der Waals surface area contributed by atoms with Crippen LogP contribution in [-0.4, -0.2) is 8.42 Å². The molecular weight excluding hydrogens is 196 g/mol. The summed E-state index contributed by atoms with van der Waals surface area (Å²) < 4.78 is 23.1. The van der Waals surface area contributed by atoms with E-state index < -0.39 is 9.84 Å². The van der Waals surface area contributed by atoms with E-state index in [2.05, 4.69) is 6.58 Å². The number of allylic oxidation sites excluding steroid dienone is 2. The van der Waals surface area contributed by atoms with Gasteiger partial charge in [0.25, 0.3) is 0 Å². The van der Waals surface area contributed by atoms with Gasteiger partial charge in [0.05, 0.1) is 4.90 Å². The SMILES string of the molecule is C=CC=CS(=O)(=O)c1ccc(C)cc1. The third-order valence-corrected chi connectivity index (χ3v) is 3.19. The first kappa shape index (κ1) is 10.7. The molecule has 1 aromatic carbocycles. The molecule has 1 rings (SSSR count). The van der Waals surface area contributed by atoms with Crippen molar-refractivity contribution in [1.29, 1.82) is 0 Å². The van der Waals surface area contributed by atoms with E-state index in [1.165, 1.54) is 12.2 Å². The Bertz CT molecular complexity index is 439. The van der Waals surface area contributed by atoms with Gasteiger partial charge in [-0.05, 0) is 19.1 Å². The van der Waals surface area contributed by atoms with Gasteiger partial charge in [-0.3, -0.25) is 0 Å². The molecule has 14 heavy (non-hydrogen) atoms. The summed E-state index contributed by atoms with van der Waals surface area (Å²) in [6.07, 6.45) is 2.85. The lowest BCUT2D eigenvalue weighted by Gasteiger charge is -1.98. The van der Waals surface area contributed by atoms with E-state index in [0.717, 1.165) is 11.0 Å². The van der Waals surface area contributed by atoms with Crippen LogP contribution in [0.2, 0.25) is 0 Å². The molecule has 0 fully saturated rings. The van der Waals surface area contributed by atoms with Gasteiger partial charge in [0.15, 0.2) is 9.84 Å². The minimum absolute atomic E-state index is 0.307. The average molecular weight is 208 g/mol. The highest BCUT2D eigenvalue weighted by Crippen LogP contribution is 2.12. The third kappa shape index (κ3) is 2.57. The zero-order chi connectivity index (χ0) is 10.6. The zero-order valence-corrected chi connectivity index (χ0v) is 8.79. The van der Waals surface area contributed by atoms with Crippen LogP contribution in [0.25, 0.3) is 0 Å². The van der Waals surface area contributed by atoms with E-state index in [-0.39, 0.29) is 0 Å². The number of hydrogen-bond acceptors (Lipinski definition) is 2. The van der Waals surface area contributed by atoms with E-state index in [1.807, 2.05) is 6.92 Å². The first-order valence-corrected chi connectivity index (χ1v) is 5.72. The third-order valence-electron chi connectivity index (χ3n) is 1.74. The molecule has 0 aliphatic heterocycles. The summed E-state index contributed by atoms with van der Waals surface area (Å²) in [5.41, 5.74) is 1.04. The Morgan fingerprint density at radius 2 is 1.79 bits per heavy atom. The summed E-state index contributed by atoms with van der Waals surface area (Å²) in [5, 5.41) is 1.14. The summed E-state index contributed by atoms with van der Waals surface area (Å²) in [7, 11) is -3.29. The zero-order valence-electron chi connectivity index (χ0n) is 7.97. The van der Waals surface area contributed by atoms with E-state index in [1.54, 1.807) is 24.3 Å². The van der Waals surface area contributed by atoms with Crippen molar-refractivity contribution in [3.8, 4) is 0 Å². The fourth-order valence-corrected chi connectivity index (χ4v) is 1.96. The maximum atomic E-state index is 11.6. The van der Waals surface area contributed by atoms with Gasteiger partial charge in [0.2, 0.25) is 0 Å². The lowest BCUT2D eigenvalue weighted by Crippen LogP contribution is -1.95. The number of hydrogen-bond donors (Lipinski definition) is 0. The molecular formula is C11H12O2S. The summed E-state index contributed by atoms with van der Waals surface area (Å²) in [5.74, 6) is 0. The Morgan fingerprint density at radius 1 is 1.21 bits per heavy atom. The second kappa shape index (κ2) is 4.24. The smallest absolute Gasteiger partial charge is 0.199 e. The molecule has 1 aromatic rings. The molecule has 74 valence electrons. The molecule has 0 N–H and O–H groups in total. The van der Waals surface area contributed by atoms with Crippen molar-refractivity contribution in [2.75, 3.05) is 0 Å². The Labute approximate surface area is 84.5 Å². The molecule has 0 bridgehead atoms. The van der Waals surface area contributed by atoms with Gasteiger partial charge >= 0.3 is 0 Å². The molecule has 0 radical (unpaired) electrons. The van der Waals surface area contributed by atoms with E-state index in [4.69, 9.17) is 0 Å². The topological polar surface area (TPSA) is 34.1 Å². The van der Waals surface area contributed by atoms with Crippen LogP contribution in [0.5, 0.6) is 0 Å². The Kier molecular flexibility index (Phi) is 3.25. The number of benzene rings is 1. The summed E-state index contributed by atoms with van der Waals surface area (Å²) in [4.78, 5) is 0.307. The monoisotopic (exact) mass is 208 g/mol. The highest BCUT2D eigenvalue weighted by atomic mass is 32.2. The van der Waals surface area contributed by atoms with Crippen LogP contribution >= 0.6 is 0 Å². The van der Waals surface area contributed by atoms with Gasteiger partial charge in [0, 0.05) is 5.41 Å². The van der Waals surface area contributed by atoms with Crippen LogP contribution in [0.3, 0.4) is 0 Å². The van der Waals surface area contributed by atoms with Crippen LogP contribution in [0, 0.1) is 6.92 Å². The quantitative estimate of drug-likeness (QED) is 0.715. The molecule has 0 amide bonds. The lowest BCUT2D eigenvalue weighted by molar-refractivity contribution is 0.604. The fraction of sp³-hybridized carbons (Fsp3) is 0.0909. The molecule has 0 aromatic heterocycles. The fourth-order valence-electron chi connectivity index (χ4n) is 0.966. The normalized spacial score (nSPS) is 11.8. The first-order chi connectivity index (χ1) is 6.56. The van der Waals surface area contributed by atoms with Crippen molar-refractivity contribution in [2.45, 2.75) is 11.8 Å². The molecule has 0 atom stereocenters. The second-order valence-electron chi connectivity index (χ2n) is 2.92. The highest BCUT2D eigenvalue weighted by Gasteiger charge is 2.08. The highest BCUT2D eigenvalue weighted by molar-refractivity contribution is 7.94. The molecule has 0 saturated carbocycles. The molecule has 0 unspecified atom stereocenters. The van der Waals surface area contributed by atoms with E-state index in [9.17, 15) is 8.42 Å². The largest absolute Gasteiger partial charge is 0.219 e. The Balaban J connectivity index is 3.11. The molecule has 0 aliphatic rings. The van der Waals surface area contributed by atoms with Crippen molar-refractivity contribution in [3.05, 3.63) is 54.0 Å². The van der Waals surface area contributed by atoms with Crippen LogP contribution < -0.4 is 0 Å². The standard InChI is InChI=1S/C11H12O2S/c1-3-4-9-14(12,13)11-7-5-10(2)6-8-11/h3-9H,1H2,2H3. The molecule has 0 aliphatic carbocycles. The summed E-state index contributed by atoms with van der Waals surface area (Å²) in [6.45, 7) is 5.33. The molecule has 0 spiro atoms. The van der Waals surface area contributed by atoms with Crippen molar-refractivity contribution in [2.24, 2.45) is 0 Å². The maximum Gasteiger partial charge on any atom is 0.199 e. The van der Waals surface area contributed by atoms with Gasteiger partial charge in [-0.15, -0.1) is 0 Å². The van der Waals surface area contributed by atoms with Crippen LogP contribution in [0.4, 0.5) is 0 Å². The molecule has 0 saturated heterocycles. The van der Waals surface area contributed by atoms with Crippen molar-refractivity contribution < 1.29 is 8.42 Å². The minimum Gasteiger partial charge on any atom is -0.219 e. The average Bonchev–Trinajstić information content (AvgIpc) is 2.16. The van der Waals surface area contributed by atoms with Gasteiger partial charge in [-0.25, -0.2) is 8.42 Å². The minimum atomic E-state index is -3.29. The summed E-state index contributed by atoms with van der Waals surface area (Å²) >= 11 is 0. The van der Waals surface area contributed by atoms with Gasteiger partial charge in [-0.1, -0.05) is 36.4 Å². The predicted octanol–water partition coefficient (Wildman–Crippen LogP) is 2.47. The lowest BCUT2D eigenvalue weighted by atomic mass is 10.2. The van der Waals surface area contributed by atoms with Crippen molar-refractivity contribution in [1.82, 2.24) is 0 Å². The molecule has 3 heteroatoms. The van der Waals surface area contributed by atoms with Crippen LogP contribution in [0.1, 0.15) is 5.56 Å². The maximum absolute atomic E-state index is 11.6. The molecule has 2 nitrogen and oxygen atoms in total. The predicted molar refractivity (Wildman–Crippen MR) is 57.7 cm³/mol. The van der Waals surface area contributed by atoms with E-state index >= 15 is 0 Å². The van der Waals surface area contributed by atoms with Gasteiger partial charge in [-0.2, -0.15) is 0 Å². The van der Waals surface area contributed by atoms with Crippen LogP contribution in [0.15, 0.2) is 53.3 Å². The van der Waals surface area contributed by atoms with Crippen molar-refractivity contribution >= 4 is 9.84 Å².